The number of aliphatic hydroxyl groups excluding tert-OH is 1. The molecule has 0 radical (unpaired) electrons. The molecule has 1 atom stereocenters. The van der Waals surface area contributed by atoms with E-state index < -0.39 is 23.6 Å². The average molecular weight is 460 g/mol. The summed E-state index contributed by atoms with van der Waals surface area (Å²) < 4.78 is 18.7. The highest BCUT2D eigenvalue weighted by Crippen LogP contribution is 2.26. The molecule has 1 aromatic carbocycles. The van der Waals surface area contributed by atoms with Gasteiger partial charge in [-0.25, -0.2) is 9.82 Å². The average Bonchev–Trinajstić information content (AvgIpc) is 3.23. The number of aliphatic hydroxyl groups is 1. The Morgan fingerprint density at radius 1 is 1.28 bits per heavy atom. The number of nitrogens with zero attached hydrogens (tertiary/aromatic N) is 3. The number of carbonyl (C=O) groups is 2. The first-order chi connectivity index (χ1) is 15.5. The fourth-order valence-corrected chi connectivity index (χ4v) is 4.38. The lowest BCUT2D eigenvalue weighted by Gasteiger charge is -2.34. The Balaban J connectivity index is 1.66. The molecule has 9 nitrogen and oxygen atoms in total. The number of allylic oxidation sites excluding steroid dienone is 1. The highest BCUT2D eigenvalue weighted by atomic mass is 32.1. The van der Waals surface area contributed by atoms with Crippen LogP contribution in [0.15, 0.2) is 41.8 Å². The SMILES string of the molecule is CCN1C(=O)/C2=C(\O)C(=O)/C(c3nnc(Cc4ccc(F)cc4)s3)=C\NNC1COCC2. The molecule has 0 aliphatic carbocycles. The van der Waals surface area contributed by atoms with Gasteiger partial charge in [-0.1, -0.05) is 23.5 Å². The van der Waals surface area contributed by atoms with Crippen LogP contribution >= 0.6 is 11.3 Å². The maximum Gasteiger partial charge on any atom is 0.255 e. The minimum absolute atomic E-state index is 0.00667. The topological polar surface area (TPSA) is 117 Å². The van der Waals surface area contributed by atoms with Gasteiger partial charge >= 0.3 is 0 Å². The van der Waals surface area contributed by atoms with Crippen LogP contribution in [-0.2, 0) is 20.7 Å². The van der Waals surface area contributed by atoms with Crippen LogP contribution in [0, 0.1) is 5.82 Å². The van der Waals surface area contributed by atoms with Crippen LogP contribution < -0.4 is 10.9 Å². The summed E-state index contributed by atoms with van der Waals surface area (Å²) in [6, 6.07) is 6.04. The van der Waals surface area contributed by atoms with Crippen molar-refractivity contribution in [2.75, 3.05) is 19.8 Å². The molecule has 1 saturated heterocycles. The number of rotatable bonds is 4. The first-order valence-corrected chi connectivity index (χ1v) is 10.9. The summed E-state index contributed by atoms with van der Waals surface area (Å²) in [5.41, 5.74) is 6.75. The molecule has 1 unspecified atom stereocenters. The Morgan fingerprint density at radius 2 is 2.06 bits per heavy atom. The van der Waals surface area contributed by atoms with Crippen LogP contribution in [0.5, 0.6) is 0 Å². The molecule has 32 heavy (non-hydrogen) atoms. The summed E-state index contributed by atoms with van der Waals surface area (Å²) in [4.78, 5) is 27.7. The van der Waals surface area contributed by atoms with Crippen molar-refractivity contribution in [1.82, 2.24) is 25.9 Å². The highest BCUT2D eigenvalue weighted by molar-refractivity contribution is 7.12. The van der Waals surface area contributed by atoms with Crippen LogP contribution in [0.4, 0.5) is 4.39 Å². The number of hydrogen-bond acceptors (Lipinski definition) is 9. The van der Waals surface area contributed by atoms with Gasteiger partial charge in [0.2, 0.25) is 5.78 Å². The first-order valence-electron chi connectivity index (χ1n) is 10.1. The van der Waals surface area contributed by atoms with E-state index in [2.05, 4.69) is 21.0 Å². The lowest BCUT2D eigenvalue weighted by atomic mass is 10.0. The Hall–Kier alpha value is -3.15. The van der Waals surface area contributed by atoms with E-state index in [0.29, 0.717) is 18.0 Å². The van der Waals surface area contributed by atoms with Crippen LogP contribution in [0.25, 0.3) is 5.57 Å². The maximum absolute atomic E-state index is 13.1. The van der Waals surface area contributed by atoms with Crippen molar-refractivity contribution in [3.8, 4) is 0 Å². The van der Waals surface area contributed by atoms with Crippen LogP contribution in [0.1, 0.15) is 28.9 Å². The molecular formula is C21H22FN5O4S. The van der Waals surface area contributed by atoms with E-state index in [-0.39, 0.29) is 41.6 Å². The van der Waals surface area contributed by atoms with Gasteiger partial charge in [0.05, 0.1) is 24.4 Å². The second kappa shape index (κ2) is 9.55. The second-order valence-corrected chi connectivity index (χ2v) is 8.30. The summed E-state index contributed by atoms with van der Waals surface area (Å²) in [6.45, 7) is 2.63. The second-order valence-electron chi connectivity index (χ2n) is 7.24. The summed E-state index contributed by atoms with van der Waals surface area (Å²) in [6.07, 6.45) is 1.44. The number of likely N-dealkylation sites (N-methyl/N-ethyl adjacent to an activating group) is 1. The van der Waals surface area contributed by atoms with Crippen molar-refractivity contribution in [1.29, 1.82) is 0 Å². The van der Waals surface area contributed by atoms with Crippen LogP contribution in [0.3, 0.4) is 0 Å². The molecule has 1 aromatic heterocycles. The van der Waals surface area contributed by atoms with Gasteiger partial charge in [0.25, 0.3) is 5.91 Å². The fraction of sp³-hybridized carbons (Fsp3) is 0.333. The number of aromatic nitrogens is 2. The number of nitrogens with one attached hydrogen (secondary N) is 2. The molecular weight excluding hydrogens is 437 g/mol. The smallest absolute Gasteiger partial charge is 0.255 e. The molecule has 11 heteroatoms. The molecule has 0 saturated carbocycles. The third kappa shape index (κ3) is 4.54. The zero-order chi connectivity index (χ0) is 22.7. The molecule has 168 valence electrons. The minimum Gasteiger partial charge on any atom is -0.504 e. The third-order valence-corrected chi connectivity index (χ3v) is 6.14. The quantitative estimate of drug-likeness (QED) is 0.633. The van der Waals surface area contributed by atoms with E-state index in [1.54, 1.807) is 12.1 Å². The Morgan fingerprint density at radius 3 is 2.81 bits per heavy atom. The van der Waals surface area contributed by atoms with Gasteiger partial charge in [-0.2, -0.15) is 0 Å². The molecule has 2 bridgehead atoms. The molecule has 1 amide bonds. The van der Waals surface area contributed by atoms with Gasteiger partial charge in [-0.15, -0.1) is 10.2 Å². The number of halogens is 1. The number of hydrazine groups is 1. The summed E-state index contributed by atoms with van der Waals surface area (Å²) in [7, 11) is 0. The first kappa shape index (κ1) is 22.1. The van der Waals surface area contributed by atoms with E-state index in [0.717, 1.165) is 5.56 Å². The molecule has 2 aliphatic heterocycles. The van der Waals surface area contributed by atoms with Crippen molar-refractivity contribution in [2.24, 2.45) is 0 Å². The molecule has 3 heterocycles. The molecule has 4 rings (SSSR count). The Bertz CT molecular complexity index is 1080. The van der Waals surface area contributed by atoms with Crippen molar-refractivity contribution in [3.05, 3.63) is 63.2 Å². The van der Waals surface area contributed by atoms with E-state index in [1.807, 2.05) is 6.92 Å². The summed E-state index contributed by atoms with van der Waals surface area (Å²) in [5.74, 6) is -2.10. The predicted molar refractivity (Wildman–Crippen MR) is 115 cm³/mol. The third-order valence-electron chi connectivity index (χ3n) is 5.19. The number of amides is 1. The predicted octanol–water partition coefficient (Wildman–Crippen LogP) is 1.69. The molecule has 3 N–H and O–H groups in total. The van der Waals surface area contributed by atoms with E-state index in [1.165, 1.54) is 34.6 Å². The number of fused-ring (bicyclic) bond motifs is 3. The van der Waals surface area contributed by atoms with Gasteiger partial charge < -0.3 is 20.2 Å². The van der Waals surface area contributed by atoms with Crippen molar-refractivity contribution >= 4 is 28.6 Å². The molecule has 0 spiro atoms. The van der Waals surface area contributed by atoms with Crippen LogP contribution in [0.2, 0.25) is 0 Å². The summed E-state index contributed by atoms with van der Waals surface area (Å²) >= 11 is 1.18. The maximum atomic E-state index is 13.1. The van der Waals surface area contributed by atoms with Crippen molar-refractivity contribution < 1.29 is 23.8 Å². The lowest BCUT2D eigenvalue weighted by molar-refractivity contribution is -0.134. The number of hydrogen-bond donors (Lipinski definition) is 3. The lowest BCUT2D eigenvalue weighted by Crippen LogP contribution is -2.56. The largest absolute Gasteiger partial charge is 0.504 e. The van der Waals surface area contributed by atoms with Crippen molar-refractivity contribution in [3.63, 3.8) is 0 Å². The number of ether oxygens (including phenoxy) is 1. The number of carbonyl (C=O) groups excluding carboxylic acids is 2. The van der Waals surface area contributed by atoms with Gasteiger partial charge in [0.15, 0.2) is 10.8 Å². The molecule has 1 fully saturated rings. The normalized spacial score (nSPS) is 23.9. The Kier molecular flexibility index (Phi) is 6.58. The minimum atomic E-state index is -0.734. The summed E-state index contributed by atoms with van der Waals surface area (Å²) in [5, 5.41) is 19.9. The monoisotopic (exact) mass is 459 g/mol. The van der Waals surface area contributed by atoms with E-state index in [4.69, 9.17) is 4.74 Å². The van der Waals surface area contributed by atoms with Gasteiger partial charge in [0.1, 0.15) is 17.0 Å². The zero-order valence-corrected chi connectivity index (χ0v) is 18.1. The van der Waals surface area contributed by atoms with Crippen molar-refractivity contribution in [2.45, 2.75) is 25.9 Å². The fourth-order valence-electron chi connectivity index (χ4n) is 3.49. The highest BCUT2D eigenvalue weighted by Gasteiger charge is 2.33. The molecule has 2 aliphatic rings. The number of ketones is 1. The standard InChI is InChI=1S/C21H22FN5O4S/c1-2-27-16-11-31-8-7-14(21(27)30)18(28)19(29)15(10-23-24-16)20-26-25-17(32-20)9-12-3-5-13(22)6-4-12/h3-6,10,16,23-24,28H,2,7-9,11H2,1H3/b15-10+,18-14-. The van der Waals surface area contributed by atoms with Gasteiger partial charge in [0, 0.05) is 25.6 Å². The molecule has 2 aromatic rings. The number of Topliss-reactive ketones (excluding diaryl/α,β-unsaturated/α-hetero) is 1. The van der Waals surface area contributed by atoms with Crippen LogP contribution in [-0.4, -0.2) is 57.8 Å². The number of benzene rings is 1. The van der Waals surface area contributed by atoms with Gasteiger partial charge in [-0.05, 0) is 24.6 Å². The van der Waals surface area contributed by atoms with E-state index in [9.17, 15) is 19.1 Å². The Labute approximate surface area is 187 Å². The van der Waals surface area contributed by atoms with E-state index >= 15 is 0 Å². The van der Waals surface area contributed by atoms with Gasteiger partial charge in [-0.3, -0.25) is 9.59 Å². The zero-order valence-electron chi connectivity index (χ0n) is 17.3.